The van der Waals surface area contributed by atoms with Gasteiger partial charge in [0.15, 0.2) is 10.0 Å². The highest BCUT2D eigenvalue weighted by Crippen LogP contribution is 2.55. The van der Waals surface area contributed by atoms with E-state index in [1.807, 2.05) is 0 Å². The van der Waals surface area contributed by atoms with Gasteiger partial charge in [0.1, 0.15) is 25.2 Å². The summed E-state index contributed by atoms with van der Waals surface area (Å²) >= 11 is 3.32. The maximum atomic E-state index is 12.8. The molecule has 36 heavy (non-hydrogen) atoms. The first-order chi connectivity index (χ1) is 17.2. The number of carbonyl (C=O) groups is 3. The number of amides is 2. The van der Waals surface area contributed by atoms with E-state index in [0.717, 1.165) is 47.3 Å². The van der Waals surface area contributed by atoms with Gasteiger partial charge in [-0.2, -0.15) is 0 Å². The molecule has 4 N–H and O–H groups in total. The highest BCUT2D eigenvalue weighted by Gasteiger charge is 2.56. The van der Waals surface area contributed by atoms with Crippen LogP contribution in [0.15, 0.2) is 45.2 Å². The first-order valence-corrected chi connectivity index (χ1v) is 12.7. The summed E-state index contributed by atoms with van der Waals surface area (Å²) in [5.41, 5.74) is 5.80. The fourth-order valence-corrected chi connectivity index (χ4v) is 6.97. The Morgan fingerprint density at radius 3 is 2.86 bits per heavy atom. The van der Waals surface area contributed by atoms with Crippen molar-refractivity contribution in [2.75, 3.05) is 18.6 Å². The maximum Gasteiger partial charge on any atom is 0.352 e. The van der Waals surface area contributed by atoms with Gasteiger partial charge in [0, 0.05) is 22.8 Å². The molecule has 2 atom stereocenters. The number of β-lactam (4-membered cyclic amide) rings is 1. The zero-order valence-corrected chi connectivity index (χ0v) is 20.8. The second-order valence-electron chi connectivity index (χ2n) is 7.23. The van der Waals surface area contributed by atoms with Crippen LogP contribution in [0.5, 0.6) is 0 Å². The Labute approximate surface area is 215 Å². The number of anilines is 1. The van der Waals surface area contributed by atoms with Gasteiger partial charge in [-0.25, -0.2) is 14.8 Å². The Morgan fingerprint density at radius 1 is 1.53 bits per heavy atom. The standard InChI is InChI=1S/C19H17N7O7S3/c1-33-22-6-12(27)24-19(11-8-35-18(20)23-11)10(7-34-13-3-2-9(5-21-13)26(31)32)16(17(29)30)25-14(28)4-15(25)36-19/h2-3,5-6,8,15H,4,7H2,1H3,(H2,20,23)(H,24,27)(H,29,30)/t15-,19?/m0/s1. The number of oxime groups is 1. The molecule has 2 aliphatic heterocycles. The zero-order chi connectivity index (χ0) is 26.0. The normalized spacial score (nSPS) is 21.2. The Morgan fingerprint density at radius 2 is 2.31 bits per heavy atom. The average Bonchev–Trinajstić information content (AvgIpc) is 3.28. The third kappa shape index (κ3) is 4.71. The van der Waals surface area contributed by atoms with Crippen molar-refractivity contribution >= 4 is 69.7 Å². The van der Waals surface area contributed by atoms with Crippen LogP contribution in [0.4, 0.5) is 10.8 Å². The zero-order valence-electron chi connectivity index (χ0n) is 18.3. The van der Waals surface area contributed by atoms with E-state index in [4.69, 9.17) is 5.73 Å². The van der Waals surface area contributed by atoms with Gasteiger partial charge in [-0.05, 0) is 6.07 Å². The number of fused-ring (bicyclic) bond motifs is 1. The lowest BCUT2D eigenvalue weighted by Crippen LogP contribution is -2.61. The molecule has 0 aliphatic carbocycles. The molecule has 2 amide bonds. The van der Waals surface area contributed by atoms with Crippen LogP contribution in [0.25, 0.3) is 0 Å². The highest BCUT2D eigenvalue weighted by molar-refractivity contribution is 8.01. The molecule has 1 fully saturated rings. The van der Waals surface area contributed by atoms with Crippen LogP contribution in [0.1, 0.15) is 12.1 Å². The number of carbonyl (C=O) groups excluding carboxylic acids is 2. The Balaban J connectivity index is 1.83. The van der Waals surface area contributed by atoms with Gasteiger partial charge in [0.05, 0.1) is 27.4 Å². The molecule has 2 aliphatic rings. The average molecular weight is 552 g/mol. The highest BCUT2D eigenvalue weighted by atomic mass is 32.2. The molecule has 0 spiro atoms. The van der Waals surface area contributed by atoms with Gasteiger partial charge < -0.3 is 21.0 Å². The van der Waals surface area contributed by atoms with E-state index in [0.29, 0.717) is 5.03 Å². The van der Waals surface area contributed by atoms with Crippen molar-refractivity contribution in [3.05, 3.63) is 50.8 Å². The molecule has 188 valence electrons. The SMILES string of the molecule is CON=CC(=O)NC1(c2csc(N)n2)S[C@H]2CC(=O)N2C(C(=O)O)=C1CSc1ccc([N+](=O)[O-])cn1. The molecule has 4 heterocycles. The number of nitro groups is 1. The molecule has 2 aromatic rings. The van der Waals surface area contributed by atoms with Gasteiger partial charge in [0.25, 0.3) is 11.6 Å². The Bertz CT molecular complexity index is 1300. The van der Waals surface area contributed by atoms with Crippen molar-refractivity contribution in [3.63, 3.8) is 0 Å². The van der Waals surface area contributed by atoms with Crippen molar-refractivity contribution in [3.8, 4) is 0 Å². The van der Waals surface area contributed by atoms with Crippen LogP contribution in [0.2, 0.25) is 0 Å². The number of carboxylic acids is 1. The summed E-state index contributed by atoms with van der Waals surface area (Å²) in [7, 11) is 1.26. The second kappa shape index (κ2) is 10.1. The number of nitrogens with zero attached hydrogens (tertiary/aromatic N) is 5. The molecular weight excluding hydrogens is 534 g/mol. The van der Waals surface area contributed by atoms with E-state index in [1.165, 1.54) is 24.1 Å². The number of thiazole rings is 1. The van der Waals surface area contributed by atoms with Gasteiger partial charge in [0.2, 0.25) is 5.91 Å². The lowest BCUT2D eigenvalue weighted by molar-refractivity contribution is -0.385. The molecule has 17 heteroatoms. The van der Waals surface area contributed by atoms with Gasteiger partial charge in [-0.3, -0.25) is 24.6 Å². The van der Waals surface area contributed by atoms with Crippen molar-refractivity contribution in [1.29, 1.82) is 0 Å². The molecule has 0 bridgehead atoms. The van der Waals surface area contributed by atoms with Crippen LogP contribution in [0.3, 0.4) is 0 Å². The molecular formula is C19H17N7O7S3. The Kier molecular flexibility index (Phi) is 7.14. The van der Waals surface area contributed by atoms with Crippen LogP contribution in [-0.4, -0.2) is 67.1 Å². The number of nitrogens with two attached hydrogens (primary N) is 1. The van der Waals surface area contributed by atoms with Gasteiger partial charge in [-0.1, -0.05) is 16.9 Å². The molecule has 14 nitrogen and oxygen atoms in total. The fourth-order valence-electron chi connectivity index (χ4n) is 3.59. The van der Waals surface area contributed by atoms with Crippen LogP contribution < -0.4 is 11.1 Å². The molecule has 0 aromatic carbocycles. The lowest BCUT2D eigenvalue weighted by atomic mass is 9.98. The number of rotatable bonds is 9. The topological polar surface area (TPSA) is 203 Å². The predicted octanol–water partition coefficient (Wildman–Crippen LogP) is 1.37. The molecule has 2 aromatic heterocycles. The summed E-state index contributed by atoms with van der Waals surface area (Å²) < 4.78 is 0. The summed E-state index contributed by atoms with van der Waals surface area (Å²) in [6.45, 7) is 0. The van der Waals surface area contributed by atoms with E-state index in [9.17, 15) is 29.6 Å². The summed E-state index contributed by atoms with van der Waals surface area (Å²) in [6, 6.07) is 2.69. The lowest BCUT2D eigenvalue weighted by Gasteiger charge is -2.51. The predicted molar refractivity (Wildman–Crippen MR) is 131 cm³/mol. The van der Waals surface area contributed by atoms with Crippen molar-refractivity contribution < 1.29 is 29.3 Å². The quantitative estimate of drug-likeness (QED) is 0.133. The first kappa shape index (κ1) is 25.4. The third-order valence-corrected chi connectivity index (χ3v) is 8.33. The number of aliphatic carboxylic acids is 1. The number of carboxylic acid groups (broad SMARTS) is 1. The number of nitrogens with one attached hydrogen (secondary N) is 1. The molecule has 0 radical (unpaired) electrons. The monoisotopic (exact) mass is 551 g/mol. The van der Waals surface area contributed by atoms with E-state index < -0.39 is 27.0 Å². The van der Waals surface area contributed by atoms with Crippen molar-refractivity contribution in [2.45, 2.75) is 21.7 Å². The minimum atomic E-state index is -1.52. The van der Waals surface area contributed by atoms with Crippen LogP contribution in [0, 0.1) is 10.1 Å². The number of aromatic nitrogens is 2. The largest absolute Gasteiger partial charge is 0.477 e. The number of thioether (sulfide) groups is 2. The molecule has 0 saturated carbocycles. The van der Waals surface area contributed by atoms with Gasteiger partial charge in [-0.15, -0.1) is 23.1 Å². The number of hydrogen-bond donors (Lipinski definition) is 3. The Hall–Kier alpha value is -3.70. The third-order valence-electron chi connectivity index (χ3n) is 5.13. The smallest absolute Gasteiger partial charge is 0.352 e. The van der Waals surface area contributed by atoms with E-state index >= 15 is 0 Å². The molecule has 1 unspecified atom stereocenters. The van der Waals surface area contributed by atoms with E-state index in [-0.39, 0.29) is 45.9 Å². The minimum absolute atomic E-state index is 0.0604. The first-order valence-electron chi connectivity index (χ1n) is 9.96. The summed E-state index contributed by atoms with van der Waals surface area (Å²) in [6.07, 6.45) is 2.03. The maximum absolute atomic E-state index is 12.8. The summed E-state index contributed by atoms with van der Waals surface area (Å²) in [5.74, 6) is -2.50. The number of nitrogen functional groups attached to an aromatic ring is 1. The van der Waals surface area contributed by atoms with Crippen molar-refractivity contribution in [1.82, 2.24) is 20.2 Å². The number of hydrogen-bond acceptors (Lipinski definition) is 13. The summed E-state index contributed by atoms with van der Waals surface area (Å²) in [5, 5.41) is 28.9. The molecule has 4 rings (SSSR count). The second-order valence-corrected chi connectivity index (χ2v) is 10.5. The number of pyridine rings is 1. The van der Waals surface area contributed by atoms with Gasteiger partial charge >= 0.3 is 5.97 Å². The van der Waals surface area contributed by atoms with E-state index in [2.05, 4.69) is 25.3 Å². The van der Waals surface area contributed by atoms with Crippen LogP contribution in [-0.2, 0) is 24.1 Å². The van der Waals surface area contributed by atoms with Crippen LogP contribution >= 0.6 is 34.9 Å². The minimum Gasteiger partial charge on any atom is -0.477 e. The van der Waals surface area contributed by atoms with E-state index in [1.54, 1.807) is 5.38 Å². The van der Waals surface area contributed by atoms with Crippen molar-refractivity contribution in [2.24, 2.45) is 5.16 Å². The molecule has 1 saturated heterocycles. The fraction of sp³-hybridized carbons (Fsp3) is 0.263. The summed E-state index contributed by atoms with van der Waals surface area (Å²) in [4.78, 5) is 60.6.